The van der Waals surface area contributed by atoms with Gasteiger partial charge in [-0.25, -0.2) is 9.97 Å². The number of nitrogens with zero attached hydrogens (tertiary/aromatic N) is 4. The first-order chi connectivity index (χ1) is 18.0. The minimum Gasteiger partial charge on any atom is -0.384 e. The van der Waals surface area contributed by atoms with Gasteiger partial charge in [-0.05, 0) is 35.9 Å². The SMILES string of the molecule is COC[C@@H]1[C@H]2CN(c3cccc(-c4cnc5c(n4)c(C(=O)C(C)(C)C)cn5COCC[Si](C)(C)C)c3)C[C@@H]12. The molecule has 7 nitrogen and oxygen atoms in total. The van der Waals surface area contributed by atoms with E-state index in [1.807, 2.05) is 37.7 Å². The highest BCUT2D eigenvalue weighted by atomic mass is 28.3. The summed E-state index contributed by atoms with van der Waals surface area (Å²) in [5.74, 6) is 2.27. The Kier molecular flexibility index (Phi) is 7.26. The van der Waals surface area contributed by atoms with Crippen molar-refractivity contribution in [2.75, 3.05) is 38.3 Å². The van der Waals surface area contributed by atoms with Crippen LogP contribution in [0.15, 0.2) is 36.7 Å². The summed E-state index contributed by atoms with van der Waals surface area (Å²) < 4.78 is 13.3. The maximum atomic E-state index is 13.4. The van der Waals surface area contributed by atoms with Crippen molar-refractivity contribution >= 4 is 30.7 Å². The van der Waals surface area contributed by atoms with Gasteiger partial charge in [0.1, 0.15) is 12.2 Å². The molecule has 5 rings (SSSR count). The Hall–Kier alpha value is -2.55. The molecule has 3 aromatic rings. The number of methoxy groups -OCH3 is 1. The number of carbonyl (C=O) groups excluding carboxylic acids is 1. The summed E-state index contributed by atoms with van der Waals surface area (Å²) in [7, 11) is 0.614. The van der Waals surface area contributed by atoms with Crippen LogP contribution < -0.4 is 4.90 Å². The van der Waals surface area contributed by atoms with E-state index >= 15 is 0 Å². The van der Waals surface area contributed by atoms with Crippen LogP contribution in [0.25, 0.3) is 22.4 Å². The molecule has 1 saturated carbocycles. The van der Waals surface area contributed by atoms with Gasteiger partial charge in [-0.15, -0.1) is 0 Å². The molecule has 204 valence electrons. The molecule has 0 bridgehead atoms. The average molecular weight is 535 g/mol. The zero-order valence-corrected chi connectivity index (χ0v) is 25.0. The number of fused-ring (bicyclic) bond motifs is 2. The van der Waals surface area contributed by atoms with Crippen LogP contribution in [0.5, 0.6) is 0 Å². The van der Waals surface area contributed by atoms with Gasteiger partial charge >= 0.3 is 0 Å². The van der Waals surface area contributed by atoms with Gasteiger partial charge in [0.2, 0.25) is 0 Å². The molecule has 0 unspecified atom stereocenters. The molecule has 1 saturated heterocycles. The van der Waals surface area contributed by atoms with Gasteiger partial charge in [0.05, 0.1) is 17.5 Å². The number of hydrogen-bond donors (Lipinski definition) is 0. The van der Waals surface area contributed by atoms with Crippen molar-refractivity contribution in [3.8, 4) is 11.3 Å². The van der Waals surface area contributed by atoms with Crippen molar-refractivity contribution in [1.29, 1.82) is 0 Å². The molecule has 8 heteroatoms. The van der Waals surface area contributed by atoms with Crippen LogP contribution in [0.2, 0.25) is 25.7 Å². The lowest BCUT2D eigenvalue weighted by molar-refractivity contribution is 0.0849. The molecule has 0 amide bonds. The maximum absolute atomic E-state index is 13.4. The number of ketones is 1. The second-order valence-corrected chi connectivity index (χ2v) is 18.9. The van der Waals surface area contributed by atoms with E-state index in [-0.39, 0.29) is 5.78 Å². The van der Waals surface area contributed by atoms with Crippen LogP contribution in [-0.2, 0) is 16.2 Å². The Labute approximate surface area is 227 Å². The lowest BCUT2D eigenvalue weighted by Crippen LogP contribution is -2.24. The van der Waals surface area contributed by atoms with Crippen LogP contribution in [0.4, 0.5) is 5.69 Å². The minimum absolute atomic E-state index is 0.0606. The van der Waals surface area contributed by atoms with Gasteiger partial charge in [-0.2, -0.15) is 0 Å². The molecule has 1 aliphatic heterocycles. The highest BCUT2D eigenvalue weighted by Crippen LogP contribution is 2.52. The van der Waals surface area contributed by atoms with Gasteiger partial charge in [0, 0.05) is 64.3 Å². The van der Waals surface area contributed by atoms with Crippen LogP contribution in [0, 0.1) is 23.2 Å². The number of ether oxygens (including phenoxy) is 2. The van der Waals surface area contributed by atoms with Gasteiger partial charge in [0.15, 0.2) is 11.4 Å². The number of rotatable bonds is 10. The predicted molar refractivity (Wildman–Crippen MR) is 155 cm³/mol. The molecule has 1 aromatic carbocycles. The van der Waals surface area contributed by atoms with Gasteiger partial charge < -0.3 is 18.9 Å². The molecule has 3 heterocycles. The lowest BCUT2D eigenvalue weighted by atomic mass is 9.87. The van der Waals surface area contributed by atoms with E-state index in [1.54, 1.807) is 7.11 Å². The number of hydrogen-bond acceptors (Lipinski definition) is 6. The number of Topliss-reactive ketones (excluding diaryl/α,β-unsaturated/α-hetero) is 1. The largest absolute Gasteiger partial charge is 0.384 e. The summed E-state index contributed by atoms with van der Waals surface area (Å²) in [4.78, 5) is 25.7. The average Bonchev–Trinajstić information content (AvgIpc) is 3.19. The summed E-state index contributed by atoms with van der Waals surface area (Å²) in [6, 6.07) is 9.64. The van der Waals surface area contributed by atoms with E-state index in [0.717, 1.165) is 54.8 Å². The Balaban J connectivity index is 1.41. The highest BCUT2D eigenvalue weighted by molar-refractivity contribution is 6.76. The van der Waals surface area contributed by atoms with Crippen molar-refractivity contribution in [1.82, 2.24) is 14.5 Å². The fourth-order valence-corrected chi connectivity index (χ4v) is 6.32. The molecule has 1 aliphatic carbocycles. The number of anilines is 1. The summed E-state index contributed by atoms with van der Waals surface area (Å²) in [5, 5.41) is 0. The Morgan fingerprint density at radius 2 is 1.89 bits per heavy atom. The molecular formula is C30H42N4O3Si. The predicted octanol–water partition coefficient (Wildman–Crippen LogP) is 5.97. The van der Waals surface area contributed by atoms with Gasteiger partial charge in [-0.3, -0.25) is 4.79 Å². The Morgan fingerprint density at radius 1 is 1.16 bits per heavy atom. The highest BCUT2D eigenvalue weighted by Gasteiger charge is 2.55. The van der Waals surface area contributed by atoms with Gasteiger partial charge in [-0.1, -0.05) is 52.5 Å². The normalized spacial score (nSPS) is 21.2. The third-order valence-electron chi connectivity index (χ3n) is 7.96. The first-order valence-electron chi connectivity index (χ1n) is 13.8. The van der Waals surface area contributed by atoms with Crippen molar-refractivity contribution in [2.45, 2.75) is 53.2 Å². The molecule has 2 fully saturated rings. The molecule has 0 spiro atoms. The van der Waals surface area contributed by atoms with Crippen LogP contribution in [0.1, 0.15) is 31.1 Å². The van der Waals surface area contributed by atoms with Crippen LogP contribution >= 0.6 is 0 Å². The molecule has 2 aromatic heterocycles. The fourth-order valence-electron chi connectivity index (χ4n) is 5.56. The summed E-state index contributed by atoms with van der Waals surface area (Å²) in [5.41, 5.74) is 4.43. The second-order valence-electron chi connectivity index (χ2n) is 13.3. The zero-order chi connectivity index (χ0) is 27.2. The molecular weight excluding hydrogens is 492 g/mol. The summed E-state index contributed by atoms with van der Waals surface area (Å²) in [6.07, 6.45) is 3.70. The second kappa shape index (κ2) is 10.2. The molecule has 0 radical (unpaired) electrons. The quantitative estimate of drug-likeness (QED) is 0.181. The first kappa shape index (κ1) is 27.0. The topological polar surface area (TPSA) is 69.5 Å². The molecule has 3 atom stereocenters. The Morgan fingerprint density at radius 3 is 2.55 bits per heavy atom. The van der Waals surface area contributed by atoms with E-state index < -0.39 is 13.5 Å². The standard InChI is InChI=1S/C30H42N4O3Si/c1-30(2,3)28(35)24-17-34(19-37-11-12-38(5,6)7)29-27(24)32-26(14-31-29)20-9-8-10-21(13-20)33-15-22-23(16-33)25(22)18-36-4/h8-10,13-14,17,22-23,25H,11-12,15-16,18-19H2,1-7H3/t22-,23+,25+. The number of piperidine rings is 1. The maximum Gasteiger partial charge on any atom is 0.171 e. The van der Waals surface area contributed by atoms with E-state index in [0.29, 0.717) is 30.1 Å². The third kappa shape index (κ3) is 5.58. The van der Waals surface area contributed by atoms with E-state index in [1.165, 1.54) is 5.69 Å². The van der Waals surface area contributed by atoms with E-state index in [9.17, 15) is 4.79 Å². The van der Waals surface area contributed by atoms with Crippen molar-refractivity contribution in [3.63, 3.8) is 0 Å². The molecule has 38 heavy (non-hydrogen) atoms. The minimum atomic E-state index is -1.18. The Bertz CT molecular complexity index is 1310. The smallest absolute Gasteiger partial charge is 0.171 e. The van der Waals surface area contributed by atoms with Crippen molar-refractivity contribution in [2.24, 2.45) is 23.2 Å². The first-order valence-corrected chi connectivity index (χ1v) is 17.5. The number of aromatic nitrogens is 3. The number of carbonyl (C=O) groups is 1. The van der Waals surface area contributed by atoms with Crippen molar-refractivity contribution < 1.29 is 14.3 Å². The lowest BCUT2D eigenvalue weighted by Gasteiger charge is -2.22. The third-order valence-corrected chi connectivity index (χ3v) is 9.66. The molecule has 0 N–H and O–H groups in total. The monoisotopic (exact) mass is 534 g/mol. The van der Waals surface area contributed by atoms with E-state index in [4.69, 9.17) is 19.4 Å². The van der Waals surface area contributed by atoms with Crippen LogP contribution in [-0.4, -0.2) is 61.8 Å². The van der Waals surface area contributed by atoms with Crippen LogP contribution in [0.3, 0.4) is 0 Å². The molecule has 2 aliphatic rings. The number of benzene rings is 1. The van der Waals surface area contributed by atoms with E-state index in [2.05, 4.69) is 48.8 Å². The van der Waals surface area contributed by atoms with Gasteiger partial charge in [0.25, 0.3) is 0 Å². The summed E-state index contributed by atoms with van der Waals surface area (Å²) in [6.45, 7) is 17.0. The fraction of sp³-hybridized carbons (Fsp3) is 0.567. The summed E-state index contributed by atoms with van der Waals surface area (Å²) >= 11 is 0. The van der Waals surface area contributed by atoms with Crippen molar-refractivity contribution in [3.05, 3.63) is 42.2 Å². The zero-order valence-electron chi connectivity index (χ0n) is 24.0.